The molecule has 1 aromatic carbocycles. The summed E-state index contributed by atoms with van der Waals surface area (Å²) in [6.45, 7) is 1.70. The van der Waals surface area contributed by atoms with Gasteiger partial charge in [0.05, 0.1) is 19.0 Å². The number of hydrogen-bond donors (Lipinski definition) is 1. The molecule has 2 aromatic rings. The number of hydrogen-bond acceptors (Lipinski definition) is 4. The van der Waals surface area contributed by atoms with Crippen LogP contribution in [0.25, 0.3) is 10.9 Å². The van der Waals surface area contributed by atoms with Gasteiger partial charge in [0.2, 0.25) is 0 Å². The van der Waals surface area contributed by atoms with Crippen molar-refractivity contribution in [3.05, 3.63) is 34.9 Å². The predicted octanol–water partition coefficient (Wildman–Crippen LogP) is 1.16. The van der Waals surface area contributed by atoms with Crippen molar-refractivity contribution in [1.82, 2.24) is 14.9 Å². The van der Waals surface area contributed by atoms with Crippen molar-refractivity contribution < 1.29 is 4.74 Å². The van der Waals surface area contributed by atoms with E-state index in [0.717, 1.165) is 13.0 Å². The monoisotopic (exact) mass is 259 g/mol. The summed E-state index contributed by atoms with van der Waals surface area (Å²) in [6.07, 6.45) is 3.91. The predicted molar refractivity (Wildman–Crippen MR) is 73.6 cm³/mol. The second kappa shape index (κ2) is 5.01. The Hall–Kier alpha value is -1.88. The van der Waals surface area contributed by atoms with E-state index in [4.69, 9.17) is 4.74 Å². The van der Waals surface area contributed by atoms with Crippen LogP contribution < -0.4 is 15.6 Å². The molecule has 1 aliphatic heterocycles. The largest absolute Gasteiger partial charge is 0.496 e. The summed E-state index contributed by atoms with van der Waals surface area (Å²) in [6, 6.07) is 5.84. The zero-order valence-corrected chi connectivity index (χ0v) is 10.9. The Kier molecular flexibility index (Phi) is 3.21. The minimum Gasteiger partial charge on any atom is -0.496 e. The lowest BCUT2D eigenvalue weighted by molar-refractivity contribution is 0.418. The molecule has 1 fully saturated rings. The second-order valence-electron chi connectivity index (χ2n) is 4.85. The van der Waals surface area contributed by atoms with E-state index < -0.39 is 0 Å². The smallest absolute Gasteiger partial charge is 0.265 e. The van der Waals surface area contributed by atoms with E-state index in [1.807, 2.05) is 12.1 Å². The first-order valence-electron chi connectivity index (χ1n) is 6.55. The molecule has 1 saturated heterocycles. The lowest BCUT2D eigenvalue weighted by Crippen LogP contribution is -2.32. The highest BCUT2D eigenvalue weighted by atomic mass is 16.5. The van der Waals surface area contributed by atoms with Crippen LogP contribution in [-0.4, -0.2) is 29.2 Å². The minimum atomic E-state index is -0.0313. The molecule has 0 aliphatic carbocycles. The summed E-state index contributed by atoms with van der Waals surface area (Å²) < 4.78 is 6.94. The van der Waals surface area contributed by atoms with Crippen molar-refractivity contribution >= 4 is 10.9 Å². The van der Waals surface area contributed by atoms with Gasteiger partial charge in [0.1, 0.15) is 11.1 Å². The SMILES string of the molecule is COc1cccc2ncn(CC3CCCN3)c(=O)c12. The maximum atomic E-state index is 12.5. The summed E-state index contributed by atoms with van der Waals surface area (Å²) in [7, 11) is 1.57. The Morgan fingerprint density at radius 2 is 2.42 bits per heavy atom. The van der Waals surface area contributed by atoms with E-state index in [-0.39, 0.29) is 5.56 Å². The van der Waals surface area contributed by atoms with E-state index in [0.29, 0.717) is 29.2 Å². The summed E-state index contributed by atoms with van der Waals surface area (Å²) in [5.41, 5.74) is 0.649. The highest BCUT2D eigenvalue weighted by Crippen LogP contribution is 2.20. The molecule has 0 bridgehead atoms. The molecule has 1 aromatic heterocycles. The van der Waals surface area contributed by atoms with E-state index in [2.05, 4.69) is 10.3 Å². The average molecular weight is 259 g/mol. The highest BCUT2D eigenvalue weighted by molar-refractivity contribution is 5.83. The summed E-state index contributed by atoms with van der Waals surface area (Å²) in [5.74, 6) is 0.587. The molecule has 1 unspecified atom stereocenters. The van der Waals surface area contributed by atoms with Crippen molar-refractivity contribution in [2.75, 3.05) is 13.7 Å². The van der Waals surface area contributed by atoms with Gasteiger partial charge in [-0.25, -0.2) is 4.98 Å². The van der Waals surface area contributed by atoms with Gasteiger partial charge in [-0.3, -0.25) is 9.36 Å². The average Bonchev–Trinajstić information content (AvgIpc) is 2.94. The molecule has 0 amide bonds. The van der Waals surface area contributed by atoms with Crippen LogP contribution in [0, 0.1) is 0 Å². The van der Waals surface area contributed by atoms with Crippen LogP contribution in [0.1, 0.15) is 12.8 Å². The van der Waals surface area contributed by atoms with Gasteiger partial charge in [-0.1, -0.05) is 6.07 Å². The fourth-order valence-electron chi connectivity index (χ4n) is 2.62. The Bertz CT molecular complexity index is 645. The summed E-state index contributed by atoms with van der Waals surface area (Å²) in [4.78, 5) is 16.9. The van der Waals surface area contributed by atoms with Crippen molar-refractivity contribution in [2.45, 2.75) is 25.4 Å². The zero-order valence-electron chi connectivity index (χ0n) is 10.9. The lowest BCUT2D eigenvalue weighted by atomic mass is 10.2. The van der Waals surface area contributed by atoms with Crippen molar-refractivity contribution in [2.24, 2.45) is 0 Å². The highest BCUT2D eigenvalue weighted by Gasteiger charge is 2.16. The molecule has 19 heavy (non-hydrogen) atoms. The maximum absolute atomic E-state index is 12.5. The number of ether oxygens (including phenoxy) is 1. The molecule has 0 radical (unpaired) electrons. The Balaban J connectivity index is 2.06. The van der Waals surface area contributed by atoms with E-state index in [1.54, 1.807) is 24.1 Å². The second-order valence-corrected chi connectivity index (χ2v) is 4.85. The van der Waals surface area contributed by atoms with E-state index in [9.17, 15) is 4.79 Å². The zero-order chi connectivity index (χ0) is 13.2. The topological polar surface area (TPSA) is 56.1 Å². The fourth-order valence-corrected chi connectivity index (χ4v) is 2.62. The van der Waals surface area contributed by atoms with E-state index >= 15 is 0 Å². The number of methoxy groups -OCH3 is 1. The summed E-state index contributed by atoms with van der Waals surface area (Å²) in [5, 5.41) is 3.95. The molecular weight excluding hydrogens is 242 g/mol. The van der Waals surface area contributed by atoms with Gasteiger partial charge < -0.3 is 10.1 Å². The van der Waals surface area contributed by atoms with Gasteiger partial charge in [0.25, 0.3) is 5.56 Å². The Morgan fingerprint density at radius 1 is 1.53 bits per heavy atom. The number of aromatic nitrogens is 2. The van der Waals surface area contributed by atoms with Gasteiger partial charge in [-0.05, 0) is 31.5 Å². The number of nitrogens with zero attached hydrogens (tertiary/aromatic N) is 2. The molecular formula is C14H17N3O2. The molecule has 5 nitrogen and oxygen atoms in total. The molecule has 100 valence electrons. The molecule has 1 atom stereocenters. The van der Waals surface area contributed by atoms with Crippen LogP contribution >= 0.6 is 0 Å². The first-order valence-corrected chi connectivity index (χ1v) is 6.55. The Labute approximate surface area is 111 Å². The van der Waals surface area contributed by atoms with E-state index in [1.165, 1.54) is 6.42 Å². The fraction of sp³-hybridized carbons (Fsp3) is 0.429. The molecule has 3 rings (SSSR count). The number of benzene rings is 1. The van der Waals surface area contributed by atoms with Crippen LogP contribution in [-0.2, 0) is 6.54 Å². The molecule has 0 saturated carbocycles. The van der Waals surface area contributed by atoms with Crippen molar-refractivity contribution in [3.8, 4) is 5.75 Å². The van der Waals surface area contributed by atoms with Crippen molar-refractivity contribution in [1.29, 1.82) is 0 Å². The molecule has 1 aliphatic rings. The summed E-state index contributed by atoms with van der Waals surface area (Å²) >= 11 is 0. The third kappa shape index (κ3) is 2.21. The van der Waals surface area contributed by atoms with Crippen LogP contribution in [0.4, 0.5) is 0 Å². The van der Waals surface area contributed by atoms with Crippen LogP contribution in [0.5, 0.6) is 5.75 Å². The number of nitrogens with one attached hydrogen (secondary N) is 1. The van der Waals surface area contributed by atoms with Gasteiger partial charge in [0.15, 0.2) is 0 Å². The van der Waals surface area contributed by atoms with Gasteiger partial charge in [-0.2, -0.15) is 0 Å². The normalized spacial score (nSPS) is 18.9. The third-order valence-corrected chi connectivity index (χ3v) is 3.61. The molecule has 0 spiro atoms. The maximum Gasteiger partial charge on any atom is 0.265 e. The first kappa shape index (κ1) is 12.2. The van der Waals surface area contributed by atoms with Gasteiger partial charge >= 0.3 is 0 Å². The Morgan fingerprint density at radius 3 is 3.16 bits per heavy atom. The minimum absolute atomic E-state index is 0.0313. The van der Waals surface area contributed by atoms with Crippen LogP contribution in [0.2, 0.25) is 0 Å². The van der Waals surface area contributed by atoms with Gasteiger partial charge in [0, 0.05) is 12.6 Å². The third-order valence-electron chi connectivity index (χ3n) is 3.61. The van der Waals surface area contributed by atoms with Gasteiger partial charge in [-0.15, -0.1) is 0 Å². The molecule has 2 heterocycles. The first-order chi connectivity index (χ1) is 9.29. The quantitative estimate of drug-likeness (QED) is 0.898. The number of rotatable bonds is 3. The number of fused-ring (bicyclic) bond motifs is 1. The lowest BCUT2D eigenvalue weighted by Gasteiger charge is -2.13. The van der Waals surface area contributed by atoms with Crippen molar-refractivity contribution in [3.63, 3.8) is 0 Å². The molecule has 1 N–H and O–H groups in total. The standard InChI is InChI=1S/C14H17N3O2/c1-19-12-6-2-5-11-13(12)14(18)17(9-16-11)8-10-4-3-7-15-10/h2,5-6,9-10,15H,3-4,7-8H2,1H3. The molecule has 5 heteroatoms. The van der Waals surface area contributed by atoms with Crippen LogP contribution in [0.15, 0.2) is 29.3 Å². The van der Waals surface area contributed by atoms with Crippen LogP contribution in [0.3, 0.4) is 0 Å².